The lowest BCUT2D eigenvalue weighted by atomic mass is 9.93. The Morgan fingerprint density at radius 2 is 1.82 bits per heavy atom. The molecule has 2 aliphatic heterocycles. The summed E-state index contributed by atoms with van der Waals surface area (Å²) in [5.41, 5.74) is 3.96. The largest absolute Gasteiger partial charge is 0.493 e. The van der Waals surface area contributed by atoms with E-state index in [0.29, 0.717) is 47.2 Å². The number of halogens is 2. The van der Waals surface area contributed by atoms with Crippen molar-refractivity contribution in [1.29, 1.82) is 0 Å². The first-order valence-corrected chi connectivity index (χ1v) is 13.0. The number of benzene rings is 1. The molecular formula is C29H29F2N5O4. The fourth-order valence-electron chi connectivity index (χ4n) is 5.34. The molecule has 0 aliphatic carbocycles. The number of carbonyl (C=O) groups is 1. The number of aryl methyl sites for hydroxylation is 2. The highest BCUT2D eigenvalue weighted by Gasteiger charge is 2.36. The van der Waals surface area contributed by atoms with Gasteiger partial charge in [0.25, 0.3) is 6.43 Å². The van der Waals surface area contributed by atoms with Crippen molar-refractivity contribution in [2.45, 2.75) is 59.1 Å². The second kappa shape index (κ2) is 9.42. The Morgan fingerprint density at radius 1 is 1.07 bits per heavy atom. The number of aromatic nitrogens is 4. The Labute approximate surface area is 229 Å². The number of alkyl halides is 2. The number of anilines is 1. The lowest BCUT2D eigenvalue weighted by Gasteiger charge is -2.29. The maximum Gasteiger partial charge on any atom is 0.416 e. The predicted molar refractivity (Wildman–Crippen MR) is 143 cm³/mol. The monoisotopic (exact) mass is 549 g/mol. The lowest BCUT2D eigenvalue weighted by molar-refractivity contribution is 0.0575. The SMILES string of the molecule is Cc1ccc2c3c1CN(C(=O)OC(C)(C)C)c1c(cc(-c4ccc(C(F)F)nc4C)c4nncn14)OC[C@H]3CO2. The molecule has 1 atom stereocenters. The smallest absolute Gasteiger partial charge is 0.416 e. The number of nitrogens with zero attached hydrogens (tertiary/aromatic N) is 5. The molecule has 1 aromatic carbocycles. The van der Waals surface area contributed by atoms with E-state index in [2.05, 4.69) is 15.2 Å². The molecule has 6 rings (SSSR count). The summed E-state index contributed by atoms with van der Waals surface area (Å²) in [5.74, 6) is 1.53. The number of hydrogen-bond donors (Lipinski definition) is 0. The van der Waals surface area contributed by atoms with E-state index in [0.717, 1.165) is 22.4 Å². The number of pyridine rings is 2. The number of rotatable bonds is 2. The van der Waals surface area contributed by atoms with Crippen LogP contribution in [-0.4, -0.2) is 44.5 Å². The van der Waals surface area contributed by atoms with Gasteiger partial charge in [0.15, 0.2) is 17.2 Å². The normalized spacial score (nSPS) is 16.5. The van der Waals surface area contributed by atoms with Crippen LogP contribution in [0.1, 0.15) is 61.2 Å². The standard InChI is InChI=1S/C29H29F2N5O4/c1-15-6-9-22-24-17(12-38-22)13-39-23-10-19(18-7-8-21(25(30)31)33-16(18)2)26-34-32-14-36(26)27(23)35(11-20(15)24)28(37)40-29(3,4)5/h6-10,14,17,25H,11-13H2,1-5H3/t17-/m1/s1. The molecule has 1 amide bonds. The molecule has 4 aromatic rings. The van der Waals surface area contributed by atoms with Gasteiger partial charge < -0.3 is 14.2 Å². The third-order valence-corrected chi connectivity index (χ3v) is 7.16. The zero-order valence-electron chi connectivity index (χ0n) is 22.9. The van der Waals surface area contributed by atoms with Gasteiger partial charge in [-0.05, 0) is 63.9 Å². The van der Waals surface area contributed by atoms with Crippen molar-refractivity contribution in [3.05, 3.63) is 64.7 Å². The molecule has 3 aromatic heterocycles. The van der Waals surface area contributed by atoms with E-state index in [4.69, 9.17) is 14.2 Å². The van der Waals surface area contributed by atoms with Crippen molar-refractivity contribution in [3.63, 3.8) is 0 Å². The molecule has 0 bridgehead atoms. The van der Waals surface area contributed by atoms with Gasteiger partial charge in [-0.1, -0.05) is 12.1 Å². The Kier molecular flexibility index (Phi) is 6.12. The van der Waals surface area contributed by atoms with E-state index in [9.17, 15) is 13.6 Å². The minimum Gasteiger partial charge on any atom is -0.493 e. The van der Waals surface area contributed by atoms with Gasteiger partial charge in [-0.3, -0.25) is 14.3 Å². The molecule has 5 heterocycles. The molecule has 0 spiro atoms. The van der Waals surface area contributed by atoms with Crippen LogP contribution in [0.3, 0.4) is 0 Å². The maximum atomic E-state index is 13.8. The van der Waals surface area contributed by atoms with Crippen molar-refractivity contribution >= 4 is 17.6 Å². The Balaban J connectivity index is 1.58. The van der Waals surface area contributed by atoms with E-state index >= 15 is 0 Å². The molecular weight excluding hydrogens is 520 g/mol. The van der Waals surface area contributed by atoms with Gasteiger partial charge in [-0.25, -0.2) is 13.6 Å². The maximum absolute atomic E-state index is 13.8. The van der Waals surface area contributed by atoms with Crippen LogP contribution in [0.15, 0.2) is 36.7 Å². The van der Waals surface area contributed by atoms with Gasteiger partial charge in [-0.2, -0.15) is 0 Å². The molecule has 9 nitrogen and oxygen atoms in total. The molecule has 208 valence electrons. The average molecular weight is 550 g/mol. The van der Waals surface area contributed by atoms with E-state index in [1.807, 2.05) is 39.8 Å². The third kappa shape index (κ3) is 4.39. The second-order valence-electron chi connectivity index (χ2n) is 11.1. The van der Waals surface area contributed by atoms with Crippen molar-refractivity contribution in [3.8, 4) is 22.6 Å². The van der Waals surface area contributed by atoms with Crippen LogP contribution in [0.25, 0.3) is 16.8 Å². The lowest BCUT2D eigenvalue weighted by Crippen LogP contribution is -2.38. The van der Waals surface area contributed by atoms with Gasteiger partial charge in [0, 0.05) is 22.4 Å². The summed E-state index contributed by atoms with van der Waals surface area (Å²) in [6.45, 7) is 10.1. The molecule has 2 aliphatic rings. The molecule has 0 unspecified atom stereocenters. The van der Waals surface area contributed by atoms with Crippen molar-refractivity contribution < 1.29 is 27.8 Å². The van der Waals surface area contributed by atoms with Crippen LogP contribution in [0, 0.1) is 13.8 Å². The summed E-state index contributed by atoms with van der Waals surface area (Å²) in [4.78, 5) is 19.5. The van der Waals surface area contributed by atoms with Gasteiger partial charge in [0.1, 0.15) is 23.4 Å². The first-order valence-electron chi connectivity index (χ1n) is 13.0. The summed E-state index contributed by atoms with van der Waals surface area (Å²) >= 11 is 0. The quantitative estimate of drug-likeness (QED) is 0.296. The summed E-state index contributed by atoms with van der Waals surface area (Å²) in [7, 11) is 0. The molecule has 0 radical (unpaired) electrons. The third-order valence-electron chi connectivity index (χ3n) is 7.16. The highest BCUT2D eigenvalue weighted by molar-refractivity contribution is 5.92. The molecule has 0 fully saturated rings. The number of amides is 1. The van der Waals surface area contributed by atoms with E-state index in [-0.39, 0.29) is 18.2 Å². The van der Waals surface area contributed by atoms with E-state index in [1.54, 1.807) is 23.5 Å². The van der Waals surface area contributed by atoms with Crippen LogP contribution in [0.5, 0.6) is 11.5 Å². The highest BCUT2D eigenvalue weighted by Crippen LogP contribution is 2.44. The number of hydrogen-bond acceptors (Lipinski definition) is 7. The van der Waals surface area contributed by atoms with Crippen molar-refractivity contribution in [1.82, 2.24) is 19.6 Å². The molecule has 0 saturated carbocycles. The fourth-order valence-corrected chi connectivity index (χ4v) is 5.34. The first kappa shape index (κ1) is 26.0. The number of ether oxygens (including phenoxy) is 3. The molecule has 0 N–H and O–H groups in total. The topological polar surface area (TPSA) is 91.1 Å². The molecule has 11 heteroatoms. The van der Waals surface area contributed by atoms with Gasteiger partial charge in [0.05, 0.1) is 25.7 Å². The van der Waals surface area contributed by atoms with Crippen LogP contribution < -0.4 is 14.4 Å². The van der Waals surface area contributed by atoms with Crippen LogP contribution in [0.4, 0.5) is 19.4 Å². The van der Waals surface area contributed by atoms with Crippen molar-refractivity contribution in [2.24, 2.45) is 0 Å². The Morgan fingerprint density at radius 3 is 2.52 bits per heavy atom. The van der Waals surface area contributed by atoms with Crippen LogP contribution in [-0.2, 0) is 11.3 Å². The van der Waals surface area contributed by atoms with E-state index < -0.39 is 18.1 Å². The fraction of sp³-hybridized carbons (Fsp3) is 0.379. The van der Waals surface area contributed by atoms with E-state index in [1.165, 1.54) is 17.3 Å². The summed E-state index contributed by atoms with van der Waals surface area (Å²) < 4.78 is 46.6. The zero-order chi connectivity index (χ0) is 28.3. The Bertz CT molecular complexity index is 1650. The number of fused-ring (bicyclic) bond motifs is 3. The average Bonchev–Trinajstić information content (AvgIpc) is 3.54. The van der Waals surface area contributed by atoms with Gasteiger partial charge >= 0.3 is 6.09 Å². The van der Waals surface area contributed by atoms with Crippen LogP contribution >= 0.6 is 0 Å². The zero-order valence-corrected chi connectivity index (χ0v) is 22.9. The first-order chi connectivity index (χ1) is 19.0. The van der Waals surface area contributed by atoms with Gasteiger partial charge in [-0.15, -0.1) is 10.2 Å². The number of carbonyl (C=O) groups excluding carboxylic acids is 1. The minimum atomic E-state index is -2.69. The predicted octanol–water partition coefficient (Wildman–Crippen LogP) is 6.16. The highest BCUT2D eigenvalue weighted by atomic mass is 19.3. The Hall–Kier alpha value is -4.28. The second-order valence-corrected chi connectivity index (χ2v) is 11.1. The van der Waals surface area contributed by atoms with Gasteiger partial charge in [0.2, 0.25) is 0 Å². The summed E-state index contributed by atoms with van der Waals surface area (Å²) in [6, 6.07) is 8.59. The summed E-state index contributed by atoms with van der Waals surface area (Å²) in [5, 5.41) is 8.47. The minimum absolute atomic E-state index is 0.0508. The molecule has 0 saturated heterocycles. The molecule has 40 heavy (non-hydrogen) atoms. The summed E-state index contributed by atoms with van der Waals surface area (Å²) in [6.07, 6.45) is -1.74. The van der Waals surface area contributed by atoms with Crippen molar-refractivity contribution in [2.75, 3.05) is 18.1 Å². The van der Waals surface area contributed by atoms with Crippen LogP contribution in [0.2, 0.25) is 0 Å².